The Bertz CT molecular complexity index is 428. The third-order valence-corrected chi connectivity index (χ3v) is 3.42. The molecule has 0 radical (unpaired) electrons. The fraction of sp³-hybridized carbons (Fsp3) is 0.545. The molecule has 0 aliphatic rings. The molecule has 0 fully saturated rings. The Morgan fingerprint density at radius 3 is 2.65 bits per heavy atom. The first-order valence-corrected chi connectivity index (χ1v) is 6.21. The molecule has 6 heteroatoms. The maximum atomic E-state index is 12.0. The van der Waals surface area contributed by atoms with Gasteiger partial charge in [0.2, 0.25) is 0 Å². The van der Waals surface area contributed by atoms with E-state index in [1.165, 1.54) is 23.3 Å². The molecule has 1 aromatic heterocycles. The van der Waals surface area contributed by atoms with Crippen LogP contribution in [0, 0.1) is 6.92 Å². The van der Waals surface area contributed by atoms with Crippen molar-refractivity contribution in [2.24, 2.45) is 0 Å². The number of carbonyl (C=O) groups excluding carboxylic acids is 1. The van der Waals surface area contributed by atoms with Gasteiger partial charge in [0.25, 0.3) is 5.91 Å². The van der Waals surface area contributed by atoms with Gasteiger partial charge < -0.3 is 10.0 Å². The third kappa shape index (κ3) is 3.52. The molecule has 0 unspecified atom stereocenters. The normalized spacial score (nSPS) is 10.3. The Morgan fingerprint density at radius 2 is 2.12 bits per heavy atom. The van der Waals surface area contributed by atoms with Crippen LogP contribution < -0.4 is 0 Å². The van der Waals surface area contributed by atoms with Gasteiger partial charge in [-0.05, 0) is 19.8 Å². The van der Waals surface area contributed by atoms with Crippen LogP contribution in [0.4, 0.5) is 0 Å². The third-order valence-electron chi connectivity index (χ3n) is 2.22. The van der Waals surface area contributed by atoms with Crippen molar-refractivity contribution in [3.8, 4) is 0 Å². The molecule has 0 aliphatic carbocycles. The monoisotopic (exact) mass is 256 g/mol. The molecule has 0 aromatic carbocycles. The van der Waals surface area contributed by atoms with Crippen molar-refractivity contribution in [3.05, 3.63) is 15.6 Å². The van der Waals surface area contributed by atoms with Crippen LogP contribution >= 0.6 is 11.3 Å². The second-order valence-corrected chi connectivity index (χ2v) is 4.91. The number of carboxylic acids is 1. The second kappa shape index (κ2) is 5.77. The summed E-state index contributed by atoms with van der Waals surface area (Å²) in [5.74, 6) is -1.29. The van der Waals surface area contributed by atoms with Crippen LogP contribution in [0.2, 0.25) is 0 Å². The average Bonchev–Trinajstić information content (AvgIpc) is 2.58. The van der Waals surface area contributed by atoms with Gasteiger partial charge in [0.05, 0.1) is 10.7 Å². The molecule has 1 aromatic rings. The van der Waals surface area contributed by atoms with E-state index < -0.39 is 5.97 Å². The van der Waals surface area contributed by atoms with E-state index in [0.717, 1.165) is 17.8 Å². The minimum atomic E-state index is -1.02. The van der Waals surface area contributed by atoms with Gasteiger partial charge >= 0.3 is 5.97 Å². The number of nitrogens with zero attached hydrogens (tertiary/aromatic N) is 2. The Morgan fingerprint density at radius 1 is 1.47 bits per heavy atom. The predicted molar refractivity (Wildman–Crippen MR) is 65.4 cm³/mol. The molecule has 1 rings (SSSR count). The Balaban J connectivity index is 2.84. The largest absolute Gasteiger partial charge is 0.480 e. The molecular formula is C11H16N2O3S. The molecular weight excluding hydrogens is 240 g/mol. The number of thiazole rings is 1. The Hall–Kier alpha value is -1.43. The summed E-state index contributed by atoms with van der Waals surface area (Å²) in [6, 6.07) is 0. The number of hydrogen-bond acceptors (Lipinski definition) is 4. The summed E-state index contributed by atoms with van der Waals surface area (Å²) < 4.78 is 0. The molecule has 0 bridgehead atoms. The van der Waals surface area contributed by atoms with Crippen molar-refractivity contribution in [2.45, 2.75) is 26.7 Å². The van der Waals surface area contributed by atoms with Crippen LogP contribution in [0.5, 0.6) is 0 Å². The van der Waals surface area contributed by atoms with Crippen molar-refractivity contribution in [1.29, 1.82) is 0 Å². The van der Waals surface area contributed by atoms with E-state index in [9.17, 15) is 9.59 Å². The number of hydrogen-bond donors (Lipinski definition) is 1. The molecule has 0 spiro atoms. The fourth-order valence-electron chi connectivity index (χ4n) is 1.42. The maximum Gasteiger partial charge on any atom is 0.323 e. The van der Waals surface area contributed by atoms with Crippen LogP contribution in [0.15, 0.2) is 0 Å². The summed E-state index contributed by atoms with van der Waals surface area (Å²) in [6.07, 6.45) is 1.83. The smallest absolute Gasteiger partial charge is 0.323 e. The minimum Gasteiger partial charge on any atom is -0.480 e. The van der Waals surface area contributed by atoms with E-state index in [0.29, 0.717) is 10.6 Å². The van der Waals surface area contributed by atoms with Crippen molar-refractivity contribution in [1.82, 2.24) is 9.88 Å². The number of carbonyl (C=O) groups is 2. The summed E-state index contributed by atoms with van der Waals surface area (Å²) >= 11 is 1.35. The van der Waals surface area contributed by atoms with Crippen molar-refractivity contribution in [3.63, 3.8) is 0 Å². The van der Waals surface area contributed by atoms with E-state index in [-0.39, 0.29) is 12.5 Å². The lowest BCUT2D eigenvalue weighted by Gasteiger charge is -2.13. The van der Waals surface area contributed by atoms with Gasteiger partial charge in [0, 0.05) is 7.05 Å². The topological polar surface area (TPSA) is 70.5 Å². The molecule has 94 valence electrons. The summed E-state index contributed by atoms with van der Waals surface area (Å²) in [6.45, 7) is 3.53. The van der Waals surface area contributed by atoms with Crippen molar-refractivity contribution in [2.75, 3.05) is 13.6 Å². The van der Waals surface area contributed by atoms with Crippen molar-refractivity contribution < 1.29 is 14.7 Å². The Kier molecular flexibility index (Phi) is 4.62. The highest BCUT2D eigenvalue weighted by Crippen LogP contribution is 2.20. The van der Waals surface area contributed by atoms with Crippen LogP contribution in [-0.4, -0.2) is 40.5 Å². The summed E-state index contributed by atoms with van der Waals surface area (Å²) in [4.78, 5) is 28.5. The molecule has 1 heterocycles. The van der Waals surface area contributed by atoms with E-state index in [2.05, 4.69) is 11.9 Å². The van der Waals surface area contributed by atoms with Crippen LogP contribution in [0.3, 0.4) is 0 Å². The lowest BCUT2D eigenvalue weighted by molar-refractivity contribution is -0.137. The number of likely N-dealkylation sites (N-methyl/N-ethyl adjacent to an activating group) is 1. The number of carboxylic acid groups (broad SMARTS) is 1. The van der Waals surface area contributed by atoms with Crippen molar-refractivity contribution >= 4 is 23.2 Å². The van der Waals surface area contributed by atoms with Crippen LogP contribution in [0.25, 0.3) is 0 Å². The summed E-state index contributed by atoms with van der Waals surface area (Å²) in [7, 11) is 1.48. The quantitative estimate of drug-likeness (QED) is 0.868. The number of aliphatic carboxylic acids is 1. The molecule has 5 nitrogen and oxygen atoms in total. The van der Waals surface area contributed by atoms with Gasteiger partial charge in [-0.15, -0.1) is 11.3 Å². The number of aryl methyl sites for hydroxylation is 2. The van der Waals surface area contributed by atoms with Gasteiger partial charge in [-0.3, -0.25) is 9.59 Å². The molecule has 0 aliphatic heterocycles. The highest BCUT2D eigenvalue weighted by molar-refractivity contribution is 7.13. The highest BCUT2D eigenvalue weighted by Gasteiger charge is 2.20. The molecule has 1 amide bonds. The second-order valence-electron chi connectivity index (χ2n) is 3.83. The first-order valence-electron chi connectivity index (χ1n) is 5.39. The van der Waals surface area contributed by atoms with Crippen LogP contribution in [-0.2, 0) is 11.2 Å². The fourth-order valence-corrected chi connectivity index (χ4v) is 2.58. The lowest BCUT2D eigenvalue weighted by atomic mass is 10.3. The zero-order valence-electron chi connectivity index (χ0n) is 10.2. The molecule has 1 N–H and O–H groups in total. The SMILES string of the molecule is CCCc1nc(C)c(C(=O)N(C)CC(=O)O)s1. The first kappa shape index (κ1) is 13.6. The van der Waals surface area contributed by atoms with E-state index >= 15 is 0 Å². The highest BCUT2D eigenvalue weighted by atomic mass is 32.1. The standard InChI is InChI=1S/C11H16N2O3S/c1-4-5-8-12-7(2)10(17-8)11(16)13(3)6-9(14)15/h4-6H2,1-3H3,(H,14,15). The minimum absolute atomic E-state index is 0.273. The molecule has 0 saturated carbocycles. The van der Waals surface area contributed by atoms with E-state index in [1.807, 2.05) is 0 Å². The summed E-state index contributed by atoms with van der Waals surface area (Å²) in [5.41, 5.74) is 0.681. The Labute approximate surface area is 104 Å². The van der Waals surface area contributed by atoms with Gasteiger partial charge in [-0.2, -0.15) is 0 Å². The van der Waals surface area contributed by atoms with Gasteiger partial charge in [-0.1, -0.05) is 6.92 Å². The van der Waals surface area contributed by atoms with Gasteiger partial charge in [0.1, 0.15) is 11.4 Å². The lowest BCUT2D eigenvalue weighted by Crippen LogP contribution is -2.31. The predicted octanol–water partition coefficient (Wildman–Crippen LogP) is 1.56. The molecule has 0 saturated heterocycles. The zero-order valence-corrected chi connectivity index (χ0v) is 11.0. The van der Waals surface area contributed by atoms with Gasteiger partial charge in [0.15, 0.2) is 0 Å². The molecule has 17 heavy (non-hydrogen) atoms. The number of rotatable bonds is 5. The first-order chi connectivity index (χ1) is 7.95. The number of aromatic nitrogens is 1. The molecule has 0 atom stereocenters. The van der Waals surface area contributed by atoms with Gasteiger partial charge in [-0.25, -0.2) is 4.98 Å². The summed E-state index contributed by atoms with van der Waals surface area (Å²) in [5, 5.41) is 9.56. The van der Waals surface area contributed by atoms with E-state index in [4.69, 9.17) is 5.11 Å². The average molecular weight is 256 g/mol. The zero-order chi connectivity index (χ0) is 13.0. The van der Waals surface area contributed by atoms with Crippen LogP contribution in [0.1, 0.15) is 33.7 Å². The number of amides is 1. The van der Waals surface area contributed by atoms with E-state index in [1.54, 1.807) is 6.92 Å². The maximum absolute atomic E-state index is 12.0.